The molecule has 5 N–H and O–H groups in total. The molecule has 39 heavy (non-hydrogen) atoms. The maximum absolute atomic E-state index is 12.6. The Morgan fingerprint density at radius 1 is 0.974 bits per heavy atom. The number of ether oxygens (including phenoxy) is 1. The number of carbonyl (C=O) groups excluding carboxylic acids is 2. The van der Waals surface area contributed by atoms with Crippen molar-refractivity contribution in [2.75, 3.05) is 0 Å². The quantitative estimate of drug-likeness (QED) is 0.213. The van der Waals surface area contributed by atoms with Gasteiger partial charge in [0.1, 0.15) is 39.9 Å². The Balaban J connectivity index is 2.51. The van der Waals surface area contributed by atoms with Crippen LogP contribution in [0.5, 0.6) is 28.7 Å². The molecule has 8 nitrogen and oxygen atoms in total. The molecule has 0 fully saturated rings. The lowest BCUT2D eigenvalue weighted by atomic mass is 9.77. The molecule has 1 aliphatic heterocycles. The van der Waals surface area contributed by atoms with Gasteiger partial charge in [0.05, 0.1) is 11.7 Å². The van der Waals surface area contributed by atoms with Crippen molar-refractivity contribution in [1.29, 1.82) is 0 Å². The summed E-state index contributed by atoms with van der Waals surface area (Å²) in [7, 11) is 0. The molecule has 0 saturated carbocycles. The van der Waals surface area contributed by atoms with Crippen LogP contribution in [0.1, 0.15) is 111 Å². The summed E-state index contributed by atoms with van der Waals surface area (Å²) in [6, 6.07) is 1.46. The highest BCUT2D eigenvalue weighted by molar-refractivity contribution is 6.01. The monoisotopic (exact) mass is 540 g/mol. The molecular weight excluding hydrogens is 500 g/mol. The third-order valence-corrected chi connectivity index (χ3v) is 7.35. The van der Waals surface area contributed by atoms with Gasteiger partial charge in [0.25, 0.3) is 0 Å². The number of rotatable bonds is 8. The van der Waals surface area contributed by atoms with Gasteiger partial charge >= 0.3 is 0 Å². The zero-order valence-corrected chi connectivity index (χ0v) is 24.0. The van der Waals surface area contributed by atoms with E-state index in [2.05, 4.69) is 0 Å². The third-order valence-electron chi connectivity index (χ3n) is 7.35. The molecule has 0 saturated heterocycles. The second-order valence-electron chi connectivity index (χ2n) is 11.7. The SMILES string of the molecule is CC(=O)c1cc(CC=C(C)C)c(O)c(C(CC(C)C)c2c(O)c(C(C)=O)c(O)c3c2OC(C)(C)C(O)C3)c1O. The highest BCUT2D eigenvalue weighted by Crippen LogP contribution is 2.55. The van der Waals surface area contributed by atoms with E-state index in [0.717, 1.165) is 5.57 Å². The zero-order valence-electron chi connectivity index (χ0n) is 24.0. The van der Waals surface area contributed by atoms with Crippen molar-refractivity contribution in [1.82, 2.24) is 0 Å². The van der Waals surface area contributed by atoms with Crippen LogP contribution in [0.25, 0.3) is 0 Å². The van der Waals surface area contributed by atoms with Gasteiger partial charge in [-0.25, -0.2) is 0 Å². The summed E-state index contributed by atoms with van der Waals surface area (Å²) in [5.74, 6) is -3.58. The van der Waals surface area contributed by atoms with Crippen molar-refractivity contribution >= 4 is 11.6 Å². The number of ketones is 2. The maximum Gasteiger partial charge on any atom is 0.167 e. The lowest BCUT2D eigenvalue weighted by molar-refractivity contribution is -0.0426. The Labute approximate surface area is 229 Å². The van der Waals surface area contributed by atoms with Gasteiger partial charge in [0.2, 0.25) is 0 Å². The number of hydrogen-bond donors (Lipinski definition) is 5. The number of phenolic OH excluding ortho intramolecular Hbond substituents is 4. The van der Waals surface area contributed by atoms with Crippen LogP contribution in [0.4, 0.5) is 0 Å². The summed E-state index contributed by atoms with van der Waals surface area (Å²) < 4.78 is 6.19. The Bertz CT molecular complexity index is 1350. The summed E-state index contributed by atoms with van der Waals surface area (Å²) in [5.41, 5.74) is 0.265. The number of allylic oxidation sites excluding steroid dienone is 2. The van der Waals surface area contributed by atoms with Gasteiger partial charge in [-0.2, -0.15) is 0 Å². The van der Waals surface area contributed by atoms with E-state index in [0.29, 0.717) is 12.0 Å². The van der Waals surface area contributed by atoms with E-state index in [1.807, 2.05) is 33.8 Å². The summed E-state index contributed by atoms with van der Waals surface area (Å²) in [5, 5.41) is 56.2. The van der Waals surface area contributed by atoms with Crippen molar-refractivity contribution in [3.8, 4) is 28.7 Å². The average molecular weight is 541 g/mol. The normalized spacial score (nSPS) is 16.8. The first-order chi connectivity index (χ1) is 18.0. The minimum absolute atomic E-state index is 0.0179. The van der Waals surface area contributed by atoms with E-state index >= 15 is 0 Å². The fourth-order valence-electron chi connectivity index (χ4n) is 5.17. The molecule has 2 aromatic rings. The Morgan fingerprint density at radius 3 is 2.10 bits per heavy atom. The predicted molar refractivity (Wildman–Crippen MR) is 148 cm³/mol. The molecule has 8 heteroatoms. The number of aliphatic hydroxyl groups is 1. The molecule has 0 aliphatic carbocycles. The molecule has 3 rings (SSSR count). The van der Waals surface area contributed by atoms with Gasteiger partial charge in [-0.15, -0.1) is 0 Å². The molecule has 0 aromatic heterocycles. The summed E-state index contributed by atoms with van der Waals surface area (Å²) in [6.45, 7) is 13.5. The third kappa shape index (κ3) is 5.62. The van der Waals surface area contributed by atoms with Crippen molar-refractivity contribution in [2.45, 2.75) is 92.3 Å². The standard InChI is InChI=1S/C31H40O8/c1-14(2)9-10-18-12-19(16(5)32)27(36)24(26(18)35)20(11-15(3)4)25-29(38)23(17(6)33)28(37)21-13-22(34)31(7,8)39-30(21)25/h9,12,15,20,22,34-38H,10-11,13H2,1-8H3. The van der Waals surface area contributed by atoms with E-state index in [1.54, 1.807) is 13.8 Å². The van der Waals surface area contributed by atoms with Crippen molar-refractivity contribution in [3.05, 3.63) is 51.1 Å². The number of phenols is 4. The highest BCUT2D eigenvalue weighted by Gasteiger charge is 2.43. The van der Waals surface area contributed by atoms with Crippen LogP contribution < -0.4 is 4.74 Å². The van der Waals surface area contributed by atoms with Gasteiger partial charge in [0.15, 0.2) is 11.6 Å². The van der Waals surface area contributed by atoms with Crippen molar-refractivity contribution in [2.24, 2.45) is 5.92 Å². The van der Waals surface area contributed by atoms with E-state index in [9.17, 15) is 35.1 Å². The molecule has 1 aliphatic rings. The fraction of sp³-hybridized carbons (Fsp3) is 0.484. The van der Waals surface area contributed by atoms with E-state index in [1.165, 1.54) is 19.9 Å². The van der Waals surface area contributed by atoms with Crippen LogP contribution in [0.15, 0.2) is 17.7 Å². The van der Waals surface area contributed by atoms with E-state index in [4.69, 9.17) is 4.74 Å². The average Bonchev–Trinajstić information content (AvgIpc) is 2.79. The van der Waals surface area contributed by atoms with Crippen LogP contribution in [0.2, 0.25) is 0 Å². The van der Waals surface area contributed by atoms with Crippen LogP contribution in [-0.4, -0.2) is 48.8 Å². The minimum Gasteiger partial charge on any atom is -0.507 e. The first-order valence-corrected chi connectivity index (χ1v) is 13.2. The Hall–Kier alpha value is -3.52. The number of aliphatic hydroxyl groups excluding tert-OH is 1. The molecule has 1 heterocycles. The number of hydrogen-bond acceptors (Lipinski definition) is 8. The number of carbonyl (C=O) groups is 2. The topological polar surface area (TPSA) is 145 Å². The summed E-state index contributed by atoms with van der Waals surface area (Å²) in [4.78, 5) is 25.2. The lowest BCUT2D eigenvalue weighted by Crippen LogP contribution is -2.46. The number of benzene rings is 2. The summed E-state index contributed by atoms with van der Waals surface area (Å²) >= 11 is 0. The largest absolute Gasteiger partial charge is 0.507 e. The number of Topliss-reactive ketones (excluding diaryl/α,β-unsaturated/α-hetero) is 2. The van der Waals surface area contributed by atoms with Crippen molar-refractivity contribution in [3.63, 3.8) is 0 Å². The molecule has 0 spiro atoms. The zero-order chi connectivity index (χ0) is 29.6. The second-order valence-corrected chi connectivity index (χ2v) is 11.7. The molecule has 0 amide bonds. The number of aromatic hydroxyl groups is 4. The maximum atomic E-state index is 12.6. The lowest BCUT2D eigenvalue weighted by Gasteiger charge is -2.40. The predicted octanol–water partition coefficient (Wildman–Crippen LogP) is 5.68. The van der Waals surface area contributed by atoms with Gasteiger partial charge in [-0.05, 0) is 71.9 Å². The fourth-order valence-corrected chi connectivity index (χ4v) is 5.17. The second kappa shape index (κ2) is 10.9. The number of fused-ring (bicyclic) bond motifs is 1. The summed E-state index contributed by atoms with van der Waals surface area (Å²) in [6.07, 6.45) is 1.39. The van der Waals surface area contributed by atoms with E-state index < -0.39 is 46.4 Å². The molecule has 2 atom stereocenters. The van der Waals surface area contributed by atoms with Gasteiger partial charge in [-0.1, -0.05) is 25.5 Å². The molecule has 2 aromatic carbocycles. The Kier molecular flexibility index (Phi) is 8.41. The van der Waals surface area contributed by atoms with Crippen LogP contribution >= 0.6 is 0 Å². The first-order valence-electron chi connectivity index (χ1n) is 13.2. The Morgan fingerprint density at radius 2 is 1.59 bits per heavy atom. The van der Waals surface area contributed by atoms with Crippen LogP contribution in [0, 0.1) is 5.92 Å². The van der Waals surface area contributed by atoms with Crippen LogP contribution in [-0.2, 0) is 12.8 Å². The molecular formula is C31H40O8. The van der Waals surface area contributed by atoms with E-state index in [-0.39, 0.29) is 58.1 Å². The van der Waals surface area contributed by atoms with Gasteiger partial charge in [-0.3, -0.25) is 9.59 Å². The van der Waals surface area contributed by atoms with Gasteiger partial charge < -0.3 is 30.3 Å². The highest BCUT2D eigenvalue weighted by atomic mass is 16.5. The smallest absolute Gasteiger partial charge is 0.167 e. The molecule has 212 valence electrons. The van der Waals surface area contributed by atoms with Crippen molar-refractivity contribution < 1.29 is 39.9 Å². The minimum atomic E-state index is -1.11. The first kappa shape index (κ1) is 30.0. The molecule has 0 bridgehead atoms. The molecule has 2 unspecified atom stereocenters. The molecule has 0 radical (unpaired) electrons. The van der Waals surface area contributed by atoms with Crippen LogP contribution in [0.3, 0.4) is 0 Å². The van der Waals surface area contributed by atoms with Gasteiger partial charge in [0, 0.05) is 29.0 Å².